The molecule has 0 N–H and O–H groups in total. The van der Waals surface area contributed by atoms with Crippen LogP contribution in [-0.4, -0.2) is 40.4 Å². The molecule has 6 aromatic rings. The summed E-state index contributed by atoms with van der Waals surface area (Å²) in [7, 11) is 1.48. The third-order valence-electron chi connectivity index (χ3n) is 7.82. The van der Waals surface area contributed by atoms with Crippen molar-refractivity contribution in [3.05, 3.63) is 112 Å². The van der Waals surface area contributed by atoms with Crippen LogP contribution in [0.15, 0.2) is 94.2 Å². The number of carbonyl (C=O) groups excluding carboxylic acids is 2. The monoisotopic (exact) mass is 698 g/mol. The van der Waals surface area contributed by atoms with Crippen molar-refractivity contribution in [2.75, 3.05) is 13.7 Å². The number of para-hydroxylation sites is 1. The predicted octanol–water partition coefficient (Wildman–Crippen LogP) is 3.44. The molecular weight excluding hydrogens is 663 g/mol. The molecule has 2 heterocycles. The molecule has 0 aliphatic rings. The minimum absolute atomic E-state index is 0. The van der Waals surface area contributed by atoms with Gasteiger partial charge in [0.25, 0.3) is 6.01 Å². The summed E-state index contributed by atoms with van der Waals surface area (Å²) in [4.78, 5) is 46.1. The zero-order valence-corrected chi connectivity index (χ0v) is 31.3. The Morgan fingerprint density at radius 3 is 2.29 bits per heavy atom. The van der Waals surface area contributed by atoms with E-state index in [1.54, 1.807) is 51.1 Å². The number of fused-ring (bicyclic) bond motifs is 1. The Morgan fingerprint density at radius 1 is 0.902 bits per heavy atom. The third kappa shape index (κ3) is 8.25. The van der Waals surface area contributed by atoms with E-state index in [-0.39, 0.29) is 47.7 Å². The number of nitrogens with zero attached hydrogens (tertiary/aromatic N) is 4. The normalized spacial score (nSPS) is 11.2. The van der Waals surface area contributed by atoms with E-state index in [1.807, 2.05) is 66.1 Å². The summed E-state index contributed by atoms with van der Waals surface area (Å²) < 4.78 is 29.2. The van der Waals surface area contributed by atoms with E-state index in [4.69, 9.17) is 18.9 Å². The third-order valence-corrected chi connectivity index (χ3v) is 7.82. The Hall–Kier alpha value is -5.17. The molecule has 2 aromatic heterocycles. The van der Waals surface area contributed by atoms with Gasteiger partial charge in [-0.25, -0.2) is 9.59 Å². The molecule has 0 aliphatic heterocycles. The standard InChI is InChI=1S/C38H36N4O8.Na/c1-6-47-36-39-29-13-9-12-28(34(43)48-22-24-16-19-30(31(20-24)46-5)49-35(44)38(2,3)4)32(29)42(36)21-23-14-17-25(18-15-23)26-10-7-8-11-27(26)33-40-37(45)50-41-33;/h7-20H,6,21-22H2,1-5H3,(H,40,41,45);/q;+1/p-1. The molecule has 0 atom stereocenters. The fourth-order valence-electron chi connectivity index (χ4n) is 5.30. The van der Waals surface area contributed by atoms with E-state index in [2.05, 4.69) is 19.6 Å². The van der Waals surface area contributed by atoms with Crippen LogP contribution in [0.2, 0.25) is 0 Å². The van der Waals surface area contributed by atoms with Crippen molar-refractivity contribution in [1.82, 2.24) is 19.7 Å². The molecule has 0 bridgehead atoms. The molecule has 0 aliphatic carbocycles. The van der Waals surface area contributed by atoms with Crippen molar-refractivity contribution in [3.8, 4) is 40.0 Å². The van der Waals surface area contributed by atoms with E-state index in [0.717, 1.165) is 16.7 Å². The summed E-state index contributed by atoms with van der Waals surface area (Å²) in [6, 6.07) is 26.0. The van der Waals surface area contributed by atoms with Crippen LogP contribution < -0.4 is 54.5 Å². The maximum Gasteiger partial charge on any atom is 1.00 e. The first-order chi connectivity index (χ1) is 24.0. The van der Waals surface area contributed by atoms with E-state index < -0.39 is 23.1 Å². The Balaban J connectivity index is 0.00000504. The summed E-state index contributed by atoms with van der Waals surface area (Å²) in [6.07, 6.45) is 0. The van der Waals surface area contributed by atoms with Gasteiger partial charge in [-0.15, -0.1) is 0 Å². The zero-order chi connectivity index (χ0) is 35.4. The van der Waals surface area contributed by atoms with Crippen LogP contribution in [0.4, 0.5) is 0 Å². The summed E-state index contributed by atoms with van der Waals surface area (Å²) in [5.74, 6) is -0.844. The molecule has 13 heteroatoms. The average molecular weight is 699 g/mol. The molecule has 0 unspecified atom stereocenters. The second-order valence-electron chi connectivity index (χ2n) is 12.4. The van der Waals surface area contributed by atoms with Gasteiger partial charge in [-0.05, 0) is 85.6 Å². The Bertz CT molecular complexity index is 2230. The van der Waals surface area contributed by atoms with Gasteiger partial charge < -0.3 is 28.5 Å². The van der Waals surface area contributed by atoms with Crippen molar-refractivity contribution in [2.24, 2.45) is 5.41 Å². The molecule has 0 amide bonds. The van der Waals surface area contributed by atoms with Crippen molar-refractivity contribution in [2.45, 2.75) is 40.8 Å². The Morgan fingerprint density at radius 2 is 1.63 bits per heavy atom. The van der Waals surface area contributed by atoms with Gasteiger partial charge in [-0.2, -0.15) is 4.98 Å². The molecule has 0 radical (unpaired) electrons. The van der Waals surface area contributed by atoms with Crippen LogP contribution in [0.3, 0.4) is 0 Å². The van der Waals surface area contributed by atoms with Crippen LogP contribution in [0.25, 0.3) is 33.5 Å². The Kier molecular flexibility index (Phi) is 11.5. The maximum atomic E-state index is 13.6. The molecule has 12 nitrogen and oxygen atoms in total. The number of carbonyl (C=O) groups is 2. The molecule has 0 saturated carbocycles. The number of rotatable bonds is 11. The maximum absolute atomic E-state index is 13.6. The van der Waals surface area contributed by atoms with E-state index >= 15 is 0 Å². The van der Waals surface area contributed by atoms with Gasteiger partial charge in [0, 0.05) is 0 Å². The molecule has 0 saturated heterocycles. The fourth-order valence-corrected chi connectivity index (χ4v) is 5.30. The summed E-state index contributed by atoms with van der Waals surface area (Å²) >= 11 is 0. The zero-order valence-electron chi connectivity index (χ0n) is 29.3. The SMILES string of the molecule is CCOc1nc2cccc(C(=O)OCc3ccc(OC(=O)C(C)(C)C)c(OC)c3)c2n1Cc1ccc(-c2ccccc2-c2noc(=O)[n-]2)cc1.[Na+]. The fraction of sp³-hybridized carbons (Fsp3) is 0.237. The van der Waals surface area contributed by atoms with Gasteiger partial charge in [-0.3, -0.25) is 14.5 Å². The number of imidazole rings is 1. The van der Waals surface area contributed by atoms with Crippen LogP contribution in [0.5, 0.6) is 17.5 Å². The number of hydrogen-bond donors (Lipinski definition) is 0. The quantitative estimate of drug-likeness (QED) is 0.111. The van der Waals surface area contributed by atoms with E-state index in [0.29, 0.717) is 52.6 Å². The predicted molar refractivity (Wildman–Crippen MR) is 184 cm³/mol. The molecule has 4 aromatic carbocycles. The van der Waals surface area contributed by atoms with Gasteiger partial charge in [0.15, 0.2) is 11.5 Å². The van der Waals surface area contributed by atoms with Crippen molar-refractivity contribution in [1.29, 1.82) is 0 Å². The summed E-state index contributed by atoms with van der Waals surface area (Å²) in [5.41, 5.74) is 4.77. The molecule has 0 fully saturated rings. The van der Waals surface area contributed by atoms with Gasteiger partial charge in [0.2, 0.25) is 0 Å². The molecule has 51 heavy (non-hydrogen) atoms. The van der Waals surface area contributed by atoms with E-state index in [1.165, 1.54) is 7.11 Å². The minimum Gasteiger partial charge on any atom is -0.493 e. The van der Waals surface area contributed by atoms with Gasteiger partial charge >= 0.3 is 47.3 Å². The molecular formula is C38H35N4NaO8. The second-order valence-corrected chi connectivity index (χ2v) is 12.4. The largest absolute Gasteiger partial charge is 1.00 e. The van der Waals surface area contributed by atoms with Crippen molar-refractivity contribution < 1.29 is 62.6 Å². The van der Waals surface area contributed by atoms with Crippen LogP contribution in [-0.2, 0) is 22.7 Å². The molecule has 6 rings (SSSR count). The van der Waals surface area contributed by atoms with Crippen LogP contribution >= 0.6 is 0 Å². The number of esters is 2. The summed E-state index contributed by atoms with van der Waals surface area (Å²) in [5, 5.41) is 3.79. The first kappa shape index (κ1) is 37.1. The first-order valence-electron chi connectivity index (χ1n) is 15.9. The first-order valence-corrected chi connectivity index (χ1v) is 15.9. The second kappa shape index (κ2) is 15.8. The number of ether oxygens (including phenoxy) is 4. The Labute approximate surface area is 316 Å². The smallest absolute Gasteiger partial charge is 0.493 e. The molecule has 256 valence electrons. The van der Waals surface area contributed by atoms with Gasteiger partial charge in [0.05, 0.1) is 42.3 Å². The van der Waals surface area contributed by atoms with Gasteiger partial charge in [0.1, 0.15) is 6.61 Å². The minimum atomic E-state index is -0.749. The number of aromatic nitrogens is 4. The van der Waals surface area contributed by atoms with Crippen molar-refractivity contribution in [3.63, 3.8) is 0 Å². The number of methoxy groups -OCH3 is 1. The van der Waals surface area contributed by atoms with E-state index in [9.17, 15) is 14.4 Å². The topological polar surface area (TPSA) is 146 Å². The number of hydrogen-bond acceptors (Lipinski definition) is 10. The number of benzene rings is 4. The van der Waals surface area contributed by atoms with Crippen LogP contribution in [0.1, 0.15) is 49.2 Å². The molecule has 0 spiro atoms. The summed E-state index contributed by atoms with van der Waals surface area (Å²) in [6.45, 7) is 7.86. The van der Waals surface area contributed by atoms with Crippen molar-refractivity contribution >= 4 is 23.0 Å². The van der Waals surface area contributed by atoms with Gasteiger partial charge in [-0.1, -0.05) is 60.7 Å². The average Bonchev–Trinajstić information content (AvgIpc) is 3.70. The van der Waals surface area contributed by atoms with Crippen LogP contribution in [0, 0.1) is 5.41 Å².